The Kier molecular flexibility index (Phi) is 4.58. The molecule has 1 amide bonds. The van der Waals surface area contributed by atoms with E-state index in [1.165, 1.54) is 12.1 Å². The van der Waals surface area contributed by atoms with Crippen molar-refractivity contribution in [2.24, 2.45) is 0 Å². The van der Waals surface area contributed by atoms with Gasteiger partial charge in [0.05, 0.1) is 0 Å². The zero-order valence-electron chi connectivity index (χ0n) is 10.8. The van der Waals surface area contributed by atoms with Crippen LogP contribution in [0.2, 0.25) is 5.02 Å². The fraction of sp³-hybridized carbons (Fsp3) is 0.133. The molecule has 2 rings (SSSR count). The summed E-state index contributed by atoms with van der Waals surface area (Å²) in [4.78, 5) is 11.9. The smallest absolute Gasteiger partial charge is 0.265 e. The number of rotatable bonds is 4. The summed E-state index contributed by atoms with van der Waals surface area (Å²) in [5.74, 6) is -0.841. The monoisotopic (exact) mass is 293 g/mol. The van der Waals surface area contributed by atoms with Crippen LogP contribution in [0.4, 0.5) is 10.1 Å². The Morgan fingerprint density at radius 3 is 2.70 bits per heavy atom. The van der Waals surface area contributed by atoms with Crippen LogP contribution in [0.1, 0.15) is 6.92 Å². The maximum Gasteiger partial charge on any atom is 0.265 e. The number of anilines is 1. The first kappa shape index (κ1) is 14.3. The van der Waals surface area contributed by atoms with E-state index in [1.54, 1.807) is 43.3 Å². The van der Waals surface area contributed by atoms with Gasteiger partial charge in [-0.05, 0) is 37.3 Å². The van der Waals surface area contributed by atoms with Gasteiger partial charge in [-0.3, -0.25) is 4.79 Å². The van der Waals surface area contributed by atoms with Gasteiger partial charge < -0.3 is 10.1 Å². The van der Waals surface area contributed by atoms with Gasteiger partial charge in [0.2, 0.25) is 0 Å². The van der Waals surface area contributed by atoms with E-state index < -0.39 is 11.9 Å². The second-order valence-corrected chi connectivity index (χ2v) is 4.63. The number of benzene rings is 2. The lowest BCUT2D eigenvalue weighted by Gasteiger charge is -2.15. The van der Waals surface area contributed by atoms with Gasteiger partial charge in [0.1, 0.15) is 0 Å². The van der Waals surface area contributed by atoms with Crippen LogP contribution in [0, 0.1) is 5.82 Å². The lowest BCUT2D eigenvalue weighted by molar-refractivity contribution is -0.122. The molecule has 0 aliphatic heterocycles. The summed E-state index contributed by atoms with van der Waals surface area (Å²) < 4.78 is 18.7. The van der Waals surface area contributed by atoms with Gasteiger partial charge in [-0.2, -0.15) is 0 Å². The highest BCUT2D eigenvalue weighted by molar-refractivity contribution is 6.30. The number of hydrogen-bond donors (Lipinski definition) is 1. The summed E-state index contributed by atoms with van der Waals surface area (Å²) in [7, 11) is 0. The van der Waals surface area contributed by atoms with Crippen molar-refractivity contribution >= 4 is 23.2 Å². The van der Waals surface area contributed by atoms with E-state index in [9.17, 15) is 9.18 Å². The minimum Gasteiger partial charge on any atom is -0.478 e. The molecule has 2 aromatic rings. The van der Waals surface area contributed by atoms with Gasteiger partial charge >= 0.3 is 0 Å². The highest BCUT2D eigenvalue weighted by atomic mass is 35.5. The lowest BCUT2D eigenvalue weighted by Crippen LogP contribution is -2.30. The summed E-state index contributed by atoms with van der Waals surface area (Å²) in [6, 6.07) is 12.7. The summed E-state index contributed by atoms with van der Waals surface area (Å²) in [6.45, 7) is 1.55. The normalized spacial score (nSPS) is 11.8. The molecule has 0 aliphatic carbocycles. The van der Waals surface area contributed by atoms with Crippen LogP contribution in [0.25, 0.3) is 0 Å². The summed E-state index contributed by atoms with van der Waals surface area (Å²) in [5, 5.41) is 3.17. The molecule has 20 heavy (non-hydrogen) atoms. The number of carbonyl (C=O) groups is 1. The molecule has 0 spiro atoms. The van der Waals surface area contributed by atoms with E-state index in [4.69, 9.17) is 16.3 Å². The van der Waals surface area contributed by atoms with Crippen molar-refractivity contribution < 1.29 is 13.9 Å². The van der Waals surface area contributed by atoms with E-state index in [1.807, 2.05) is 0 Å². The minimum atomic E-state index is -0.828. The number of amides is 1. The van der Waals surface area contributed by atoms with Crippen LogP contribution in [0.15, 0.2) is 48.5 Å². The summed E-state index contributed by atoms with van der Waals surface area (Å²) in [5.41, 5.74) is 0.562. The fourth-order valence-corrected chi connectivity index (χ4v) is 1.78. The van der Waals surface area contributed by atoms with Crippen LogP contribution in [0.3, 0.4) is 0 Å². The topological polar surface area (TPSA) is 38.3 Å². The third-order valence-corrected chi connectivity index (χ3v) is 2.84. The maximum atomic E-state index is 13.4. The molecular weight excluding hydrogens is 281 g/mol. The second kappa shape index (κ2) is 6.39. The minimum absolute atomic E-state index is 0.0428. The van der Waals surface area contributed by atoms with Crippen LogP contribution in [-0.2, 0) is 4.79 Å². The zero-order chi connectivity index (χ0) is 14.5. The van der Waals surface area contributed by atoms with E-state index in [2.05, 4.69) is 5.32 Å². The second-order valence-electron chi connectivity index (χ2n) is 4.19. The molecule has 0 aliphatic rings. The number of nitrogens with one attached hydrogen (secondary N) is 1. The molecule has 1 N–H and O–H groups in total. The Balaban J connectivity index is 2.01. The van der Waals surface area contributed by atoms with Crippen molar-refractivity contribution in [3.63, 3.8) is 0 Å². The van der Waals surface area contributed by atoms with Crippen LogP contribution >= 0.6 is 11.6 Å². The van der Waals surface area contributed by atoms with E-state index >= 15 is 0 Å². The Morgan fingerprint density at radius 1 is 1.25 bits per heavy atom. The SMILES string of the molecule is C[C@@H](Oc1ccccc1F)C(=O)Nc1cccc(Cl)c1. The maximum absolute atomic E-state index is 13.4. The molecule has 0 radical (unpaired) electrons. The number of ether oxygens (including phenoxy) is 1. The molecule has 0 fully saturated rings. The average Bonchev–Trinajstić information content (AvgIpc) is 2.41. The van der Waals surface area contributed by atoms with Gasteiger partial charge in [0.25, 0.3) is 5.91 Å². The third kappa shape index (κ3) is 3.71. The van der Waals surface area contributed by atoms with Crippen molar-refractivity contribution in [1.82, 2.24) is 0 Å². The first-order valence-corrected chi connectivity index (χ1v) is 6.41. The van der Waals surface area contributed by atoms with Crippen LogP contribution < -0.4 is 10.1 Å². The standard InChI is InChI=1S/C15H13ClFNO2/c1-10(20-14-8-3-2-7-13(14)17)15(19)18-12-6-4-5-11(16)9-12/h2-10H,1H3,(H,18,19)/t10-/m1/s1. The molecule has 5 heteroatoms. The number of carbonyl (C=O) groups excluding carboxylic acids is 1. The predicted octanol–water partition coefficient (Wildman–Crippen LogP) is 3.89. The fourth-order valence-electron chi connectivity index (χ4n) is 1.59. The first-order valence-electron chi connectivity index (χ1n) is 6.04. The molecule has 0 saturated heterocycles. The van der Waals surface area contributed by atoms with Gasteiger partial charge in [-0.15, -0.1) is 0 Å². The molecule has 0 heterocycles. The Morgan fingerprint density at radius 2 is 2.00 bits per heavy atom. The number of halogens is 2. The lowest BCUT2D eigenvalue weighted by atomic mass is 10.3. The van der Waals surface area contributed by atoms with Crippen LogP contribution in [-0.4, -0.2) is 12.0 Å². The molecule has 1 atom stereocenters. The van der Waals surface area contributed by atoms with E-state index in [-0.39, 0.29) is 11.7 Å². The molecule has 0 saturated carbocycles. The summed E-state index contributed by atoms with van der Waals surface area (Å²) >= 11 is 5.83. The molecular formula is C15H13ClFNO2. The Bertz CT molecular complexity index is 618. The van der Waals surface area contributed by atoms with Crippen LogP contribution in [0.5, 0.6) is 5.75 Å². The number of hydrogen-bond acceptors (Lipinski definition) is 2. The molecule has 0 bridgehead atoms. The molecule has 3 nitrogen and oxygen atoms in total. The molecule has 0 unspecified atom stereocenters. The van der Waals surface area contributed by atoms with E-state index in [0.717, 1.165) is 0 Å². The van der Waals surface area contributed by atoms with E-state index in [0.29, 0.717) is 10.7 Å². The quantitative estimate of drug-likeness (QED) is 0.929. The largest absolute Gasteiger partial charge is 0.478 e. The van der Waals surface area contributed by atoms with Gasteiger partial charge in [0, 0.05) is 10.7 Å². The Labute approximate surface area is 121 Å². The zero-order valence-corrected chi connectivity index (χ0v) is 11.5. The average molecular weight is 294 g/mol. The highest BCUT2D eigenvalue weighted by Gasteiger charge is 2.16. The first-order chi connectivity index (χ1) is 9.56. The summed E-state index contributed by atoms with van der Waals surface area (Å²) in [6.07, 6.45) is -0.828. The van der Waals surface area contributed by atoms with Crippen molar-refractivity contribution in [3.8, 4) is 5.75 Å². The number of para-hydroxylation sites is 1. The molecule has 104 valence electrons. The van der Waals surface area contributed by atoms with Crippen molar-refractivity contribution in [2.45, 2.75) is 13.0 Å². The molecule has 2 aromatic carbocycles. The third-order valence-electron chi connectivity index (χ3n) is 2.60. The molecule has 0 aromatic heterocycles. The Hall–Kier alpha value is -2.07. The van der Waals surface area contributed by atoms with Gasteiger partial charge in [-0.1, -0.05) is 29.8 Å². The van der Waals surface area contributed by atoms with Crippen molar-refractivity contribution in [3.05, 3.63) is 59.4 Å². The van der Waals surface area contributed by atoms with Crippen molar-refractivity contribution in [2.75, 3.05) is 5.32 Å². The van der Waals surface area contributed by atoms with Gasteiger partial charge in [0.15, 0.2) is 17.7 Å². The van der Waals surface area contributed by atoms with Gasteiger partial charge in [-0.25, -0.2) is 4.39 Å². The highest BCUT2D eigenvalue weighted by Crippen LogP contribution is 2.18. The predicted molar refractivity (Wildman–Crippen MR) is 76.6 cm³/mol. The van der Waals surface area contributed by atoms with Crippen molar-refractivity contribution in [1.29, 1.82) is 0 Å².